The molecule has 1 unspecified atom stereocenters. The third-order valence-corrected chi connectivity index (χ3v) is 5.98. The van der Waals surface area contributed by atoms with Gasteiger partial charge in [-0.05, 0) is 42.1 Å². The van der Waals surface area contributed by atoms with E-state index in [1.165, 1.54) is 12.1 Å². The molecule has 0 saturated heterocycles. The molecule has 2 aliphatic rings. The van der Waals surface area contributed by atoms with Gasteiger partial charge in [0.15, 0.2) is 0 Å². The molecule has 142 valence electrons. The van der Waals surface area contributed by atoms with Gasteiger partial charge in [0.2, 0.25) is 11.2 Å². The molecule has 2 heterocycles. The Bertz CT molecular complexity index is 951. The predicted octanol–water partition coefficient (Wildman–Crippen LogP) is 2.64. The summed E-state index contributed by atoms with van der Waals surface area (Å²) in [6.07, 6.45) is 4.75. The quantitative estimate of drug-likeness (QED) is 0.744. The van der Waals surface area contributed by atoms with Gasteiger partial charge in [-0.2, -0.15) is 0 Å². The molecule has 27 heavy (non-hydrogen) atoms. The minimum absolute atomic E-state index is 0.0151. The van der Waals surface area contributed by atoms with Gasteiger partial charge in [-0.15, -0.1) is 0 Å². The number of hydrogen-bond donors (Lipinski definition) is 1. The van der Waals surface area contributed by atoms with Crippen LogP contribution in [0.15, 0.2) is 24.4 Å². The number of amides is 1. The first-order valence-corrected chi connectivity index (χ1v) is 10.7. The van der Waals surface area contributed by atoms with Crippen LogP contribution in [0, 0.1) is 5.82 Å². The van der Waals surface area contributed by atoms with E-state index in [1.807, 2.05) is 0 Å². The molecule has 1 amide bonds. The van der Waals surface area contributed by atoms with Gasteiger partial charge >= 0.3 is 0 Å². The van der Waals surface area contributed by atoms with E-state index >= 15 is 0 Å². The zero-order chi connectivity index (χ0) is 19.2. The van der Waals surface area contributed by atoms with Crippen molar-refractivity contribution in [1.29, 1.82) is 0 Å². The van der Waals surface area contributed by atoms with Crippen LogP contribution in [0.3, 0.4) is 0 Å². The minimum atomic E-state index is -0.940. The SMILES string of the molecule is CS(=O)CCNc1nc(Cl)ncc1CN1C(=O)C2(CC2)c2ccc(F)cc21. The summed E-state index contributed by atoms with van der Waals surface area (Å²) in [6, 6.07) is 4.52. The molecule has 6 nitrogen and oxygen atoms in total. The molecule has 1 N–H and O–H groups in total. The maximum atomic E-state index is 13.8. The number of anilines is 2. The number of aromatic nitrogens is 2. The van der Waals surface area contributed by atoms with Gasteiger partial charge in [-0.1, -0.05) is 6.07 Å². The number of nitrogens with one attached hydrogen (secondary N) is 1. The third kappa shape index (κ3) is 3.32. The number of carbonyl (C=O) groups is 1. The van der Waals surface area contributed by atoms with E-state index in [0.717, 1.165) is 18.4 Å². The second kappa shape index (κ2) is 6.83. The lowest BCUT2D eigenvalue weighted by atomic mass is 9.98. The molecule has 1 aromatic carbocycles. The number of fused-ring (bicyclic) bond motifs is 2. The van der Waals surface area contributed by atoms with Gasteiger partial charge in [0, 0.05) is 41.1 Å². The fourth-order valence-electron chi connectivity index (χ4n) is 3.52. The average molecular weight is 409 g/mol. The van der Waals surface area contributed by atoms with Crippen LogP contribution in [-0.4, -0.2) is 38.6 Å². The van der Waals surface area contributed by atoms with Crippen LogP contribution in [0.2, 0.25) is 5.28 Å². The van der Waals surface area contributed by atoms with Crippen LogP contribution in [0.5, 0.6) is 0 Å². The normalized spacial score (nSPS) is 17.9. The summed E-state index contributed by atoms with van der Waals surface area (Å²) in [7, 11) is -0.940. The first kappa shape index (κ1) is 18.3. The van der Waals surface area contributed by atoms with Crippen LogP contribution in [0.4, 0.5) is 15.9 Å². The maximum Gasteiger partial charge on any atom is 0.238 e. The van der Waals surface area contributed by atoms with Crippen molar-refractivity contribution in [3.8, 4) is 0 Å². The summed E-state index contributed by atoms with van der Waals surface area (Å²) in [5, 5.41) is 3.19. The smallest absolute Gasteiger partial charge is 0.238 e. The number of halogens is 2. The van der Waals surface area contributed by atoms with Crippen molar-refractivity contribution < 1.29 is 13.4 Å². The number of carbonyl (C=O) groups excluding carboxylic acids is 1. The molecule has 2 aromatic rings. The lowest BCUT2D eigenvalue weighted by Gasteiger charge is -2.20. The summed E-state index contributed by atoms with van der Waals surface area (Å²) >= 11 is 5.91. The van der Waals surface area contributed by atoms with Gasteiger partial charge in [0.25, 0.3) is 0 Å². The Balaban J connectivity index is 1.64. The zero-order valence-electron chi connectivity index (χ0n) is 14.7. The summed E-state index contributed by atoms with van der Waals surface area (Å²) in [5.41, 5.74) is 1.67. The Hall–Kier alpha value is -2.06. The Morgan fingerprint density at radius 1 is 1.41 bits per heavy atom. The first-order chi connectivity index (χ1) is 12.9. The molecule has 1 aromatic heterocycles. The van der Waals surface area contributed by atoms with Crippen LogP contribution < -0.4 is 10.2 Å². The van der Waals surface area contributed by atoms with E-state index in [2.05, 4.69) is 15.3 Å². The summed E-state index contributed by atoms with van der Waals surface area (Å²) < 4.78 is 25.1. The fraction of sp³-hybridized carbons (Fsp3) is 0.389. The molecule has 1 atom stereocenters. The van der Waals surface area contributed by atoms with Crippen molar-refractivity contribution in [1.82, 2.24) is 9.97 Å². The second-order valence-corrected chi connectivity index (χ2v) is 8.74. The Labute approximate surface area is 163 Å². The zero-order valence-corrected chi connectivity index (χ0v) is 16.2. The molecule has 1 saturated carbocycles. The van der Waals surface area contributed by atoms with E-state index in [4.69, 9.17) is 11.6 Å². The van der Waals surface area contributed by atoms with Gasteiger partial charge in [0.05, 0.1) is 17.6 Å². The minimum Gasteiger partial charge on any atom is -0.369 e. The van der Waals surface area contributed by atoms with Crippen molar-refractivity contribution in [2.24, 2.45) is 0 Å². The predicted molar refractivity (Wildman–Crippen MR) is 103 cm³/mol. The standard InChI is InChI=1S/C18H18ClFN4O2S/c1-27(26)7-6-21-15-11(9-22-17(19)23-15)10-24-14-8-12(20)2-3-13(14)18(4-5-18)16(24)25/h2-3,8-9H,4-7,10H2,1H3,(H,21,22,23). The Morgan fingerprint density at radius 2 is 2.19 bits per heavy atom. The first-order valence-electron chi connectivity index (χ1n) is 8.58. The number of nitrogens with zero attached hydrogens (tertiary/aromatic N) is 3. The number of benzene rings is 1. The lowest BCUT2D eigenvalue weighted by Crippen LogP contribution is -2.32. The van der Waals surface area contributed by atoms with Crippen molar-refractivity contribution in [2.45, 2.75) is 24.8 Å². The van der Waals surface area contributed by atoms with Crippen molar-refractivity contribution >= 4 is 39.8 Å². The molecule has 1 fully saturated rings. The topological polar surface area (TPSA) is 75.2 Å². The number of hydrogen-bond acceptors (Lipinski definition) is 5. The molecule has 0 radical (unpaired) electrons. The second-order valence-electron chi connectivity index (χ2n) is 6.85. The molecule has 0 bridgehead atoms. The molecule has 4 rings (SSSR count). The van der Waals surface area contributed by atoms with Crippen molar-refractivity contribution in [3.05, 3.63) is 46.6 Å². The van der Waals surface area contributed by atoms with Gasteiger partial charge in [-0.3, -0.25) is 9.00 Å². The highest BCUT2D eigenvalue weighted by atomic mass is 35.5. The average Bonchev–Trinajstić information content (AvgIpc) is 3.38. The lowest BCUT2D eigenvalue weighted by molar-refractivity contribution is -0.120. The Kier molecular flexibility index (Phi) is 4.63. The molecule has 9 heteroatoms. The Morgan fingerprint density at radius 3 is 2.89 bits per heavy atom. The molecular formula is C18H18ClFN4O2S. The summed E-state index contributed by atoms with van der Waals surface area (Å²) in [5.74, 6) is 0.558. The van der Waals surface area contributed by atoms with E-state index in [-0.39, 0.29) is 23.6 Å². The van der Waals surface area contributed by atoms with Crippen LogP contribution >= 0.6 is 11.6 Å². The van der Waals surface area contributed by atoms with Crippen LogP contribution in [0.1, 0.15) is 24.0 Å². The third-order valence-electron chi connectivity index (χ3n) is 5.02. The summed E-state index contributed by atoms with van der Waals surface area (Å²) in [6.45, 7) is 0.665. The monoisotopic (exact) mass is 408 g/mol. The highest BCUT2D eigenvalue weighted by molar-refractivity contribution is 7.84. The largest absolute Gasteiger partial charge is 0.369 e. The summed E-state index contributed by atoms with van der Waals surface area (Å²) in [4.78, 5) is 22.8. The highest BCUT2D eigenvalue weighted by Gasteiger charge is 2.59. The molecule has 1 aliphatic heterocycles. The van der Waals surface area contributed by atoms with Gasteiger partial charge < -0.3 is 10.2 Å². The molecular weight excluding hydrogens is 391 g/mol. The number of rotatable bonds is 6. The van der Waals surface area contributed by atoms with E-state index in [1.54, 1.807) is 23.4 Å². The van der Waals surface area contributed by atoms with E-state index < -0.39 is 16.2 Å². The molecule has 1 aliphatic carbocycles. The van der Waals surface area contributed by atoms with Gasteiger partial charge in [-0.25, -0.2) is 14.4 Å². The van der Waals surface area contributed by atoms with Gasteiger partial charge in [0.1, 0.15) is 11.6 Å². The maximum absolute atomic E-state index is 13.8. The highest BCUT2D eigenvalue weighted by Crippen LogP contribution is 2.57. The fourth-order valence-corrected chi connectivity index (χ4v) is 4.04. The van der Waals surface area contributed by atoms with E-state index in [0.29, 0.717) is 29.4 Å². The van der Waals surface area contributed by atoms with Crippen molar-refractivity contribution in [3.63, 3.8) is 0 Å². The van der Waals surface area contributed by atoms with Crippen LogP contribution in [-0.2, 0) is 27.6 Å². The molecule has 1 spiro atoms. The van der Waals surface area contributed by atoms with Crippen molar-refractivity contribution in [2.75, 3.05) is 28.8 Å². The van der Waals surface area contributed by atoms with E-state index in [9.17, 15) is 13.4 Å². The van der Waals surface area contributed by atoms with Crippen LogP contribution in [0.25, 0.3) is 0 Å².